The van der Waals surface area contributed by atoms with Crippen LogP contribution < -0.4 is 0 Å². The first-order chi connectivity index (χ1) is 11.8. The van der Waals surface area contributed by atoms with Gasteiger partial charge in [-0.3, -0.25) is 4.90 Å². The second kappa shape index (κ2) is 5.82. The van der Waals surface area contributed by atoms with Crippen molar-refractivity contribution < 1.29 is 9.53 Å². The number of benzene rings is 2. The summed E-state index contributed by atoms with van der Waals surface area (Å²) >= 11 is 0. The molecule has 2 atom stereocenters. The number of ether oxygens (including phenoxy) is 1. The van der Waals surface area contributed by atoms with E-state index in [-0.39, 0.29) is 18.2 Å². The molecule has 122 valence electrons. The van der Waals surface area contributed by atoms with E-state index < -0.39 is 5.60 Å². The molecule has 24 heavy (non-hydrogen) atoms. The molecule has 0 spiro atoms. The third-order valence-electron chi connectivity index (χ3n) is 5.27. The molecule has 2 fully saturated rings. The highest BCUT2D eigenvalue weighted by atomic mass is 16.6. The Morgan fingerprint density at radius 2 is 1.62 bits per heavy atom. The SMILES string of the molecule is C=CC[C@@H]1CC[C@@H]2N1C(=O)OC2(c1ccccc1)c1ccccc1. The summed E-state index contributed by atoms with van der Waals surface area (Å²) in [7, 11) is 0. The van der Waals surface area contributed by atoms with Crippen LogP contribution in [0.4, 0.5) is 4.79 Å². The number of hydrogen-bond donors (Lipinski definition) is 0. The van der Waals surface area contributed by atoms with Crippen LogP contribution in [0.1, 0.15) is 30.4 Å². The van der Waals surface area contributed by atoms with Crippen LogP contribution in [0.2, 0.25) is 0 Å². The van der Waals surface area contributed by atoms with Gasteiger partial charge in [-0.25, -0.2) is 4.79 Å². The molecule has 0 radical (unpaired) electrons. The number of cyclic esters (lactones) is 1. The fourth-order valence-electron chi connectivity index (χ4n) is 4.28. The number of carbonyl (C=O) groups is 1. The summed E-state index contributed by atoms with van der Waals surface area (Å²) in [6.45, 7) is 3.84. The zero-order valence-corrected chi connectivity index (χ0v) is 13.6. The second-order valence-corrected chi connectivity index (χ2v) is 6.51. The number of rotatable bonds is 4. The number of amides is 1. The van der Waals surface area contributed by atoms with E-state index in [1.165, 1.54) is 0 Å². The van der Waals surface area contributed by atoms with Crippen LogP contribution in [0.15, 0.2) is 73.3 Å². The number of carbonyl (C=O) groups excluding carboxylic acids is 1. The summed E-state index contributed by atoms with van der Waals surface area (Å²) in [5.74, 6) is 0. The predicted octanol–water partition coefficient (Wildman–Crippen LogP) is 4.49. The Labute approximate surface area is 142 Å². The van der Waals surface area contributed by atoms with Crippen molar-refractivity contribution in [3.8, 4) is 0 Å². The summed E-state index contributed by atoms with van der Waals surface area (Å²) < 4.78 is 6.12. The molecule has 2 aliphatic rings. The lowest BCUT2D eigenvalue weighted by atomic mass is 9.79. The summed E-state index contributed by atoms with van der Waals surface area (Å²) in [6.07, 6.45) is 4.43. The molecular formula is C21H21NO2. The molecule has 3 heteroatoms. The largest absolute Gasteiger partial charge is 0.431 e. The maximum Gasteiger partial charge on any atom is 0.411 e. The van der Waals surface area contributed by atoms with Crippen LogP contribution in [0.5, 0.6) is 0 Å². The minimum Gasteiger partial charge on any atom is -0.431 e. The monoisotopic (exact) mass is 319 g/mol. The minimum absolute atomic E-state index is 0.0275. The van der Waals surface area contributed by atoms with E-state index in [1.54, 1.807) is 0 Å². The van der Waals surface area contributed by atoms with E-state index in [0.717, 1.165) is 30.4 Å². The molecule has 2 aliphatic heterocycles. The van der Waals surface area contributed by atoms with E-state index in [2.05, 4.69) is 30.8 Å². The Hall–Kier alpha value is -2.55. The van der Waals surface area contributed by atoms with Crippen molar-refractivity contribution in [3.05, 3.63) is 84.4 Å². The van der Waals surface area contributed by atoms with Gasteiger partial charge in [0.05, 0.1) is 6.04 Å². The van der Waals surface area contributed by atoms with Gasteiger partial charge in [-0.15, -0.1) is 6.58 Å². The van der Waals surface area contributed by atoms with E-state index in [9.17, 15) is 4.79 Å². The zero-order chi connectivity index (χ0) is 16.6. The molecule has 4 rings (SSSR count). The molecule has 0 saturated carbocycles. The van der Waals surface area contributed by atoms with Gasteiger partial charge in [-0.05, 0) is 19.3 Å². The molecule has 2 heterocycles. The van der Waals surface area contributed by atoms with Gasteiger partial charge in [0.25, 0.3) is 0 Å². The van der Waals surface area contributed by atoms with Crippen LogP contribution in [-0.2, 0) is 10.3 Å². The molecule has 2 aromatic rings. The molecular weight excluding hydrogens is 298 g/mol. The Morgan fingerprint density at radius 3 is 2.17 bits per heavy atom. The van der Waals surface area contributed by atoms with Crippen LogP contribution >= 0.6 is 0 Å². The van der Waals surface area contributed by atoms with Gasteiger partial charge in [-0.1, -0.05) is 66.7 Å². The van der Waals surface area contributed by atoms with Crippen molar-refractivity contribution in [1.29, 1.82) is 0 Å². The first kappa shape index (κ1) is 15.0. The van der Waals surface area contributed by atoms with Crippen LogP contribution in [0, 0.1) is 0 Å². The summed E-state index contributed by atoms with van der Waals surface area (Å²) in [4.78, 5) is 14.7. The van der Waals surface area contributed by atoms with Crippen LogP contribution in [0.25, 0.3) is 0 Å². The van der Waals surface area contributed by atoms with Gasteiger partial charge >= 0.3 is 6.09 Å². The maximum absolute atomic E-state index is 12.8. The molecule has 0 unspecified atom stereocenters. The van der Waals surface area contributed by atoms with E-state index in [0.29, 0.717) is 0 Å². The van der Waals surface area contributed by atoms with Gasteiger partial charge in [0.15, 0.2) is 5.60 Å². The average molecular weight is 319 g/mol. The minimum atomic E-state index is -0.727. The Morgan fingerprint density at radius 1 is 1.04 bits per heavy atom. The first-order valence-electron chi connectivity index (χ1n) is 8.50. The molecule has 0 aromatic heterocycles. The molecule has 3 nitrogen and oxygen atoms in total. The van der Waals surface area contributed by atoms with Gasteiger partial charge in [-0.2, -0.15) is 0 Å². The average Bonchev–Trinajstić information content (AvgIpc) is 3.18. The third kappa shape index (κ3) is 2.08. The summed E-state index contributed by atoms with van der Waals surface area (Å²) in [5, 5.41) is 0. The van der Waals surface area contributed by atoms with Crippen molar-refractivity contribution in [2.24, 2.45) is 0 Å². The third-order valence-corrected chi connectivity index (χ3v) is 5.27. The quantitative estimate of drug-likeness (QED) is 0.777. The highest BCUT2D eigenvalue weighted by Gasteiger charge is 2.59. The van der Waals surface area contributed by atoms with Gasteiger partial charge < -0.3 is 4.74 Å². The van der Waals surface area contributed by atoms with Gasteiger partial charge in [0, 0.05) is 17.2 Å². The molecule has 0 bridgehead atoms. The standard InChI is InChI=1S/C21H21NO2/c1-2-9-18-14-15-19-21(24-20(23)22(18)19,16-10-5-3-6-11-16)17-12-7-4-8-13-17/h2-8,10-13,18-19H,1,9,14-15H2/t18-,19+/m1/s1. The van der Waals surface area contributed by atoms with Crippen molar-refractivity contribution in [2.45, 2.75) is 36.9 Å². The fourth-order valence-corrected chi connectivity index (χ4v) is 4.28. The highest BCUT2D eigenvalue weighted by molar-refractivity contribution is 5.74. The Bertz CT molecular complexity index is 701. The molecule has 2 aromatic carbocycles. The molecule has 2 saturated heterocycles. The van der Waals surface area contributed by atoms with Crippen molar-refractivity contribution in [1.82, 2.24) is 4.90 Å². The van der Waals surface area contributed by atoms with Crippen molar-refractivity contribution in [2.75, 3.05) is 0 Å². The lowest BCUT2D eigenvalue weighted by Gasteiger charge is -2.33. The van der Waals surface area contributed by atoms with Gasteiger partial charge in [0.1, 0.15) is 0 Å². The second-order valence-electron chi connectivity index (χ2n) is 6.51. The molecule has 0 N–H and O–H groups in total. The normalized spacial score (nSPS) is 24.5. The Balaban J connectivity index is 1.87. The van der Waals surface area contributed by atoms with Crippen LogP contribution in [-0.4, -0.2) is 23.1 Å². The van der Waals surface area contributed by atoms with E-state index in [4.69, 9.17) is 4.74 Å². The predicted molar refractivity (Wildman–Crippen MR) is 93.6 cm³/mol. The number of fused-ring (bicyclic) bond motifs is 1. The smallest absolute Gasteiger partial charge is 0.411 e. The van der Waals surface area contributed by atoms with Crippen LogP contribution in [0.3, 0.4) is 0 Å². The topological polar surface area (TPSA) is 29.5 Å². The summed E-state index contributed by atoms with van der Waals surface area (Å²) in [6, 6.07) is 20.5. The van der Waals surface area contributed by atoms with Gasteiger partial charge in [0.2, 0.25) is 0 Å². The number of nitrogens with zero attached hydrogens (tertiary/aromatic N) is 1. The Kier molecular flexibility index (Phi) is 3.64. The lowest BCUT2D eigenvalue weighted by Crippen LogP contribution is -2.42. The highest BCUT2D eigenvalue weighted by Crippen LogP contribution is 2.50. The number of hydrogen-bond acceptors (Lipinski definition) is 2. The van der Waals surface area contributed by atoms with Crippen molar-refractivity contribution in [3.63, 3.8) is 0 Å². The molecule has 1 amide bonds. The fraction of sp³-hybridized carbons (Fsp3) is 0.286. The first-order valence-corrected chi connectivity index (χ1v) is 8.50. The lowest BCUT2D eigenvalue weighted by molar-refractivity contribution is 0.0668. The molecule has 0 aliphatic carbocycles. The van der Waals surface area contributed by atoms with E-state index in [1.807, 2.05) is 47.4 Å². The summed E-state index contributed by atoms with van der Waals surface area (Å²) in [5.41, 5.74) is 1.35. The zero-order valence-electron chi connectivity index (χ0n) is 13.6. The maximum atomic E-state index is 12.8. The van der Waals surface area contributed by atoms with E-state index >= 15 is 0 Å². The van der Waals surface area contributed by atoms with Crippen molar-refractivity contribution >= 4 is 6.09 Å².